The summed E-state index contributed by atoms with van der Waals surface area (Å²) in [5.74, 6) is 0.582. The summed E-state index contributed by atoms with van der Waals surface area (Å²) in [6.07, 6.45) is 2.83. The molecule has 1 aliphatic heterocycles. The first-order chi connectivity index (χ1) is 15.1. The molecule has 156 valence electrons. The number of halogens is 1. The number of ether oxygens (including phenoxy) is 1. The molecule has 4 rings (SSSR count). The van der Waals surface area contributed by atoms with Gasteiger partial charge in [-0.05, 0) is 77.3 Å². The first-order valence-electron chi connectivity index (χ1n) is 9.95. The van der Waals surface area contributed by atoms with E-state index >= 15 is 0 Å². The summed E-state index contributed by atoms with van der Waals surface area (Å²) < 4.78 is 5.88. The Hall–Kier alpha value is -3.02. The molecule has 4 nitrogen and oxygen atoms in total. The number of amides is 1. The normalized spacial score (nSPS) is 16.0. The van der Waals surface area contributed by atoms with Gasteiger partial charge in [0.1, 0.15) is 12.4 Å². The van der Waals surface area contributed by atoms with Gasteiger partial charge < -0.3 is 10.1 Å². The third-order valence-corrected chi connectivity index (χ3v) is 5.86. The lowest BCUT2D eigenvalue weighted by molar-refractivity contribution is -0.115. The largest absolute Gasteiger partial charge is 0.489 e. The Kier molecular flexibility index (Phi) is 6.75. The molecule has 0 saturated carbocycles. The summed E-state index contributed by atoms with van der Waals surface area (Å²) in [7, 11) is 0. The molecular weight excluding hydrogens is 428 g/mol. The van der Waals surface area contributed by atoms with Crippen molar-refractivity contribution in [1.29, 1.82) is 0 Å². The molecule has 31 heavy (non-hydrogen) atoms. The number of benzene rings is 3. The van der Waals surface area contributed by atoms with Gasteiger partial charge in [0.2, 0.25) is 0 Å². The van der Waals surface area contributed by atoms with Crippen LogP contribution >= 0.6 is 23.4 Å². The topological polar surface area (TPSA) is 50.7 Å². The van der Waals surface area contributed by atoms with Gasteiger partial charge in [-0.1, -0.05) is 54.9 Å². The van der Waals surface area contributed by atoms with Crippen LogP contribution in [0.5, 0.6) is 5.75 Å². The number of rotatable bonds is 6. The number of carbonyl (C=O) groups excluding carboxylic acids is 1. The lowest BCUT2D eigenvalue weighted by Crippen LogP contribution is -2.19. The van der Waals surface area contributed by atoms with E-state index in [1.807, 2.05) is 78.9 Å². The number of carbonyl (C=O) groups is 1. The Labute approximate surface area is 191 Å². The molecule has 1 amide bonds. The fraction of sp³-hybridized carbons (Fsp3) is 0.120. The van der Waals surface area contributed by atoms with Crippen molar-refractivity contribution < 1.29 is 9.53 Å². The van der Waals surface area contributed by atoms with E-state index in [2.05, 4.69) is 17.2 Å². The molecule has 1 heterocycles. The molecular formula is C25H21ClN2O2S. The standard InChI is InChI=1S/C25H21ClN2O2S/c1-2-17-8-12-21(13-9-17)27-25-28-24(29)23(31-25)15-19-4-3-5-22(14-19)30-16-18-6-10-20(26)11-7-18/h3-15H,2,16H2,1H3,(H,27,28,29). The zero-order valence-corrected chi connectivity index (χ0v) is 18.5. The average Bonchev–Trinajstić information content (AvgIpc) is 3.12. The van der Waals surface area contributed by atoms with Crippen molar-refractivity contribution in [2.24, 2.45) is 4.99 Å². The van der Waals surface area contributed by atoms with E-state index in [-0.39, 0.29) is 5.91 Å². The Balaban J connectivity index is 1.44. The highest BCUT2D eigenvalue weighted by atomic mass is 35.5. The number of nitrogens with zero attached hydrogens (tertiary/aromatic N) is 1. The van der Waals surface area contributed by atoms with Crippen molar-refractivity contribution in [1.82, 2.24) is 5.32 Å². The maximum Gasteiger partial charge on any atom is 0.264 e. The van der Waals surface area contributed by atoms with Gasteiger partial charge in [-0.15, -0.1) is 0 Å². The summed E-state index contributed by atoms with van der Waals surface area (Å²) >= 11 is 7.25. The van der Waals surface area contributed by atoms with Crippen LogP contribution in [0.2, 0.25) is 5.02 Å². The third kappa shape index (κ3) is 5.78. The van der Waals surface area contributed by atoms with E-state index in [0.717, 1.165) is 29.0 Å². The summed E-state index contributed by atoms with van der Waals surface area (Å²) in [5.41, 5.74) is 4.00. The molecule has 1 aliphatic rings. The Morgan fingerprint density at radius 2 is 1.77 bits per heavy atom. The van der Waals surface area contributed by atoms with Gasteiger partial charge in [0.05, 0.1) is 10.6 Å². The lowest BCUT2D eigenvalue weighted by atomic mass is 10.2. The fourth-order valence-electron chi connectivity index (χ4n) is 3.00. The molecule has 0 aromatic heterocycles. The van der Waals surface area contributed by atoms with Crippen molar-refractivity contribution in [2.45, 2.75) is 20.0 Å². The zero-order valence-electron chi connectivity index (χ0n) is 17.0. The van der Waals surface area contributed by atoms with E-state index < -0.39 is 0 Å². The molecule has 0 atom stereocenters. The van der Waals surface area contributed by atoms with Crippen LogP contribution < -0.4 is 10.1 Å². The van der Waals surface area contributed by atoms with Crippen LogP contribution in [0.25, 0.3) is 6.08 Å². The summed E-state index contributed by atoms with van der Waals surface area (Å²) in [5, 5.41) is 4.11. The molecule has 0 radical (unpaired) electrons. The lowest BCUT2D eigenvalue weighted by Gasteiger charge is -2.07. The van der Waals surface area contributed by atoms with E-state index in [0.29, 0.717) is 21.7 Å². The minimum atomic E-state index is -0.151. The summed E-state index contributed by atoms with van der Waals surface area (Å²) in [6.45, 7) is 2.56. The van der Waals surface area contributed by atoms with E-state index in [4.69, 9.17) is 16.3 Å². The molecule has 3 aromatic rings. The predicted octanol–water partition coefficient (Wildman–Crippen LogP) is 6.37. The average molecular weight is 449 g/mol. The molecule has 0 spiro atoms. The molecule has 3 aromatic carbocycles. The number of aliphatic imine (C=N–C) groups is 1. The maximum atomic E-state index is 12.4. The van der Waals surface area contributed by atoms with E-state index in [9.17, 15) is 4.79 Å². The predicted molar refractivity (Wildman–Crippen MR) is 129 cm³/mol. The number of amidine groups is 1. The molecule has 0 unspecified atom stereocenters. The van der Waals surface area contributed by atoms with Crippen LogP contribution in [-0.4, -0.2) is 11.1 Å². The highest BCUT2D eigenvalue weighted by Crippen LogP contribution is 2.29. The first kappa shape index (κ1) is 21.2. The van der Waals surface area contributed by atoms with Crippen LogP contribution in [0.4, 0.5) is 5.69 Å². The third-order valence-electron chi connectivity index (χ3n) is 4.70. The number of nitrogens with one attached hydrogen (secondary N) is 1. The monoisotopic (exact) mass is 448 g/mol. The highest BCUT2D eigenvalue weighted by molar-refractivity contribution is 8.18. The van der Waals surface area contributed by atoms with Crippen molar-refractivity contribution in [3.8, 4) is 5.75 Å². The second kappa shape index (κ2) is 9.86. The van der Waals surface area contributed by atoms with Gasteiger partial charge >= 0.3 is 0 Å². The molecule has 1 N–H and O–H groups in total. The van der Waals surface area contributed by atoms with Crippen LogP contribution in [0.15, 0.2) is 82.7 Å². The van der Waals surface area contributed by atoms with Gasteiger partial charge in [-0.25, -0.2) is 4.99 Å². The second-order valence-corrected chi connectivity index (χ2v) is 8.46. The van der Waals surface area contributed by atoms with Crippen LogP contribution in [0.3, 0.4) is 0 Å². The fourth-order valence-corrected chi connectivity index (χ4v) is 3.96. The van der Waals surface area contributed by atoms with Crippen molar-refractivity contribution in [3.63, 3.8) is 0 Å². The Morgan fingerprint density at radius 3 is 2.52 bits per heavy atom. The van der Waals surface area contributed by atoms with Gasteiger partial charge in [0, 0.05) is 5.02 Å². The van der Waals surface area contributed by atoms with Crippen LogP contribution in [0, 0.1) is 0 Å². The number of hydrogen-bond acceptors (Lipinski definition) is 4. The van der Waals surface area contributed by atoms with Crippen LogP contribution in [-0.2, 0) is 17.8 Å². The Morgan fingerprint density at radius 1 is 1.03 bits per heavy atom. The van der Waals surface area contributed by atoms with Gasteiger partial charge in [-0.2, -0.15) is 0 Å². The molecule has 6 heteroatoms. The second-order valence-electron chi connectivity index (χ2n) is 6.99. The van der Waals surface area contributed by atoms with Gasteiger partial charge in [-0.3, -0.25) is 4.79 Å². The van der Waals surface area contributed by atoms with E-state index in [1.54, 1.807) is 0 Å². The smallest absolute Gasteiger partial charge is 0.264 e. The molecule has 0 bridgehead atoms. The highest BCUT2D eigenvalue weighted by Gasteiger charge is 2.23. The minimum Gasteiger partial charge on any atom is -0.489 e. The Bertz CT molecular complexity index is 1140. The number of thioether (sulfide) groups is 1. The van der Waals surface area contributed by atoms with Crippen molar-refractivity contribution in [3.05, 3.63) is 99.4 Å². The van der Waals surface area contributed by atoms with Gasteiger partial charge in [0.25, 0.3) is 5.91 Å². The van der Waals surface area contributed by atoms with Gasteiger partial charge in [0.15, 0.2) is 5.17 Å². The quantitative estimate of drug-likeness (QED) is 0.445. The first-order valence-corrected chi connectivity index (χ1v) is 11.1. The molecule has 0 aliphatic carbocycles. The maximum absolute atomic E-state index is 12.4. The summed E-state index contributed by atoms with van der Waals surface area (Å²) in [4.78, 5) is 17.5. The number of hydrogen-bond donors (Lipinski definition) is 1. The summed E-state index contributed by atoms with van der Waals surface area (Å²) in [6, 6.07) is 23.2. The SMILES string of the molecule is CCc1ccc(N=C2NC(=O)C(=Cc3cccc(OCc4ccc(Cl)cc4)c3)S2)cc1. The van der Waals surface area contributed by atoms with Crippen LogP contribution in [0.1, 0.15) is 23.6 Å². The molecule has 1 saturated heterocycles. The van der Waals surface area contributed by atoms with Crippen molar-refractivity contribution in [2.75, 3.05) is 0 Å². The van der Waals surface area contributed by atoms with E-state index in [1.165, 1.54) is 17.3 Å². The zero-order chi connectivity index (χ0) is 21.6. The van der Waals surface area contributed by atoms with Crippen molar-refractivity contribution >= 4 is 46.2 Å². The minimum absolute atomic E-state index is 0.151. The number of aryl methyl sites for hydroxylation is 1. The molecule has 1 fully saturated rings.